The Labute approximate surface area is 109 Å². The highest BCUT2D eigenvalue weighted by Crippen LogP contribution is 2.19. The third-order valence-electron chi connectivity index (χ3n) is 2.69. The first-order chi connectivity index (χ1) is 9.08. The molecule has 0 saturated carbocycles. The quantitative estimate of drug-likeness (QED) is 0.907. The summed E-state index contributed by atoms with van der Waals surface area (Å²) in [6.07, 6.45) is 1.97. The first kappa shape index (κ1) is 13.5. The van der Waals surface area contributed by atoms with E-state index in [1.807, 2.05) is 0 Å². The third kappa shape index (κ3) is 3.29. The van der Waals surface area contributed by atoms with Crippen LogP contribution in [0, 0.1) is 0 Å². The SMILES string of the molecule is C[C@@H](O)c1ccc(OCc2nccn2C(F)F)cc1. The molecule has 102 valence electrons. The van der Waals surface area contributed by atoms with Crippen LogP contribution in [0.5, 0.6) is 5.75 Å². The smallest absolute Gasteiger partial charge is 0.320 e. The van der Waals surface area contributed by atoms with Gasteiger partial charge in [-0.3, -0.25) is 4.57 Å². The Balaban J connectivity index is 2.00. The molecule has 6 heteroatoms. The Hall–Kier alpha value is -1.95. The van der Waals surface area contributed by atoms with Gasteiger partial charge in [-0.25, -0.2) is 4.98 Å². The van der Waals surface area contributed by atoms with Crippen LogP contribution in [0.3, 0.4) is 0 Å². The number of halogens is 2. The molecule has 0 amide bonds. The van der Waals surface area contributed by atoms with Gasteiger partial charge in [0.1, 0.15) is 12.4 Å². The lowest BCUT2D eigenvalue weighted by Crippen LogP contribution is -2.07. The normalized spacial score (nSPS) is 12.7. The molecule has 0 unspecified atom stereocenters. The van der Waals surface area contributed by atoms with Gasteiger partial charge >= 0.3 is 6.55 Å². The maximum absolute atomic E-state index is 12.6. The fraction of sp³-hybridized carbons (Fsp3) is 0.308. The second kappa shape index (κ2) is 5.79. The standard InChI is InChI=1S/C13H14F2N2O2/c1-9(18)10-2-4-11(5-3-10)19-8-12-16-6-7-17(12)13(14)15/h2-7,9,13,18H,8H2,1H3/t9-/m1/s1. The van der Waals surface area contributed by atoms with Gasteiger partial charge in [0.2, 0.25) is 0 Å². The molecule has 2 aromatic rings. The summed E-state index contributed by atoms with van der Waals surface area (Å²) in [6.45, 7) is -1.00. The predicted molar refractivity (Wildman–Crippen MR) is 64.9 cm³/mol. The molecule has 1 aromatic heterocycles. The highest BCUT2D eigenvalue weighted by molar-refractivity contribution is 5.28. The van der Waals surface area contributed by atoms with Crippen molar-refractivity contribution in [2.75, 3.05) is 0 Å². The minimum Gasteiger partial charge on any atom is -0.486 e. The number of aliphatic hydroxyl groups is 1. The molecule has 0 spiro atoms. The molecule has 0 radical (unpaired) electrons. The van der Waals surface area contributed by atoms with E-state index < -0.39 is 12.7 Å². The van der Waals surface area contributed by atoms with Gasteiger partial charge in [0.25, 0.3) is 0 Å². The van der Waals surface area contributed by atoms with Crippen LogP contribution in [0.15, 0.2) is 36.7 Å². The molecule has 0 saturated heterocycles. The lowest BCUT2D eigenvalue weighted by atomic mass is 10.1. The number of hydrogen-bond acceptors (Lipinski definition) is 3. The number of hydrogen-bond donors (Lipinski definition) is 1. The molecule has 1 heterocycles. The van der Waals surface area contributed by atoms with Gasteiger partial charge in [-0.05, 0) is 24.6 Å². The zero-order chi connectivity index (χ0) is 13.8. The molecule has 0 aliphatic rings. The molecule has 1 atom stereocenters. The van der Waals surface area contributed by atoms with E-state index in [2.05, 4.69) is 4.98 Å². The van der Waals surface area contributed by atoms with E-state index in [0.717, 1.165) is 10.1 Å². The lowest BCUT2D eigenvalue weighted by Gasteiger charge is -2.09. The van der Waals surface area contributed by atoms with Crippen molar-refractivity contribution < 1.29 is 18.6 Å². The van der Waals surface area contributed by atoms with Gasteiger partial charge in [-0.1, -0.05) is 12.1 Å². The number of aromatic nitrogens is 2. The molecule has 0 bridgehead atoms. The van der Waals surface area contributed by atoms with E-state index >= 15 is 0 Å². The van der Waals surface area contributed by atoms with Crippen molar-refractivity contribution in [1.82, 2.24) is 9.55 Å². The predicted octanol–water partition coefficient (Wildman–Crippen LogP) is 2.91. The number of alkyl halides is 2. The molecule has 4 nitrogen and oxygen atoms in total. The number of imidazole rings is 1. The number of nitrogens with zero attached hydrogens (tertiary/aromatic N) is 2. The average Bonchev–Trinajstić information content (AvgIpc) is 2.85. The molecule has 0 aliphatic heterocycles. The van der Waals surface area contributed by atoms with E-state index in [1.54, 1.807) is 31.2 Å². The van der Waals surface area contributed by atoms with Gasteiger partial charge in [-0.15, -0.1) is 0 Å². The summed E-state index contributed by atoms with van der Waals surface area (Å²) in [6, 6.07) is 6.80. The monoisotopic (exact) mass is 268 g/mol. The average molecular weight is 268 g/mol. The highest BCUT2D eigenvalue weighted by atomic mass is 19.3. The van der Waals surface area contributed by atoms with E-state index in [-0.39, 0.29) is 12.4 Å². The minimum absolute atomic E-state index is 0.0363. The summed E-state index contributed by atoms with van der Waals surface area (Å²) >= 11 is 0. The van der Waals surface area contributed by atoms with Gasteiger partial charge in [-0.2, -0.15) is 8.78 Å². The van der Waals surface area contributed by atoms with E-state index in [1.165, 1.54) is 12.4 Å². The fourth-order valence-electron chi connectivity index (χ4n) is 1.62. The summed E-state index contributed by atoms with van der Waals surface area (Å²) in [5, 5.41) is 9.35. The minimum atomic E-state index is -2.63. The van der Waals surface area contributed by atoms with Gasteiger partial charge in [0.15, 0.2) is 5.82 Å². The van der Waals surface area contributed by atoms with Crippen molar-refractivity contribution in [1.29, 1.82) is 0 Å². The van der Waals surface area contributed by atoms with E-state index in [9.17, 15) is 13.9 Å². The number of ether oxygens (including phenoxy) is 1. The first-order valence-corrected chi connectivity index (χ1v) is 5.78. The topological polar surface area (TPSA) is 47.3 Å². The van der Waals surface area contributed by atoms with Crippen molar-refractivity contribution in [2.45, 2.75) is 26.2 Å². The maximum Gasteiger partial charge on any atom is 0.320 e. The Kier molecular flexibility index (Phi) is 4.11. The van der Waals surface area contributed by atoms with Crippen LogP contribution in [-0.4, -0.2) is 14.7 Å². The van der Waals surface area contributed by atoms with Gasteiger partial charge in [0, 0.05) is 12.4 Å². The van der Waals surface area contributed by atoms with E-state index in [0.29, 0.717) is 5.75 Å². The molecule has 0 fully saturated rings. The van der Waals surface area contributed by atoms with Crippen LogP contribution < -0.4 is 4.74 Å². The van der Waals surface area contributed by atoms with Crippen molar-refractivity contribution in [2.24, 2.45) is 0 Å². The molecule has 1 N–H and O–H groups in total. The summed E-state index contributed by atoms with van der Waals surface area (Å²) in [4.78, 5) is 3.82. The van der Waals surface area contributed by atoms with Crippen LogP contribution in [0.4, 0.5) is 8.78 Å². The molecular weight excluding hydrogens is 254 g/mol. The Morgan fingerprint density at radius 2 is 2.00 bits per heavy atom. The van der Waals surface area contributed by atoms with Crippen LogP contribution in [0.25, 0.3) is 0 Å². The summed E-state index contributed by atoms with van der Waals surface area (Å²) < 4.78 is 31.3. The number of rotatable bonds is 5. The van der Waals surface area contributed by atoms with Crippen molar-refractivity contribution in [3.63, 3.8) is 0 Å². The summed E-state index contributed by atoms with van der Waals surface area (Å²) in [5.41, 5.74) is 0.765. The van der Waals surface area contributed by atoms with Crippen LogP contribution in [-0.2, 0) is 6.61 Å². The summed E-state index contributed by atoms with van der Waals surface area (Å²) in [7, 11) is 0. The third-order valence-corrected chi connectivity index (χ3v) is 2.69. The summed E-state index contributed by atoms with van der Waals surface area (Å²) in [5.74, 6) is 0.697. The molecule has 0 aliphatic carbocycles. The van der Waals surface area contributed by atoms with Crippen molar-refractivity contribution in [3.05, 3.63) is 48.0 Å². The van der Waals surface area contributed by atoms with Crippen LogP contribution >= 0.6 is 0 Å². The van der Waals surface area contributed by atoms with Gasteiger partial charge < -0.3 is 9.84 Å². The molecular formula is C13H14F2N2O2. The Morgan fingerprint density at radius 3 is 2.58 bits per heavy atom. The van der Waals surface area contributed by atoms with Crippen molar-refractivity contribution in [3.8, 4) is 5.75 Å². The van der Waals surface area contributed by atoms with Crippen molar-refractivity contribution >= 4 is 0 Å². The molecule has 19 heavy (non-hydrogen) atoms. The van der Waals surface area contributed by atoms with Crippen LogP contribution in [0.2, 0.25) is 0 Å². The Bertz CT molecular complexity index is 524. The van der Waals surface area contributed by atoms with Crippen LogP contribution in [0.1, 0.15) is 31.0 Å². The number of benzene rings is 1. The van der Waals surface area contributed by atoms with Gasteiger partial charge in [0.05, 0.1) is 6.10 Å². The fourth-order valence-corrected chi connectivity index (χ4v) is 1.62. The molecule has 1 aromatic carbocycles. The van der Waals surface area contributed by atoms with E-state index in [4.69, 9.17) is 4.74 Å². The second-order valence-corrected chi connectivity index (χ2v) is 4.06. The highest BCUT2D eigenvalue weighted by Gasteiger charge is 2.11. The maximum atomic E-state index is 12.6. The lowest BCUT2D eigenvalue weighted by molar-refractivity contribution is 0.0632. The molecule has 2 rings (SSSR count). The largest absolute Gasteiger partial charge is 0.486 e. The second-order valence-electron chi connectivity index (χ2n) is 4.06. The zero-order valence-electron chi connectivity index (χ0n) is 10.3. The number of aliphatic hydroxyl groups excluding tert-OH is 1. The first-order valence-electron chi connectivity index (χ1n) is 5.78. The zero-order valence-corrected chi connectivity index (χ0v) is 10.3. The Morgan fingerprint density at radius 1 is 1.32 bits per heavy atom.